The Kier molecular flexibility index (Phi) is 3.00. The SMILES string of the molecule is O=C1CCC2(c3ccc(Cl)cc3Cl)NCCCN12. The molecule has 2 aliphatic rings. The molecular formula is C13H14Cl2N2O. The van der Waals surface area contributed by atoms with Crippen LogP contribution in [0.5, 0.6) is 0 Å². The van der Waals surface area contributed by atoms with Gasteiger partial charge in [0.25, 0.3) is 0 Å². The molecule has 1 N–H and O–H groups in total. The molecular weight excluding hydrogens is 271 g/mol. The lowest BCUT2D eigenvalue weighted by Gasteiger charge is -2.44. The lowest BCUT2D eigenvalue weighted by Crippen LogP contribution is -2.58. The first-order valence-electron chi connectivity index (χ1n) is 6.14. The number of amides is 1. The number of rotatable bonds is 1. The Balaban J connectivity index is 2.09. The Hall–Kier alpha value is -0.770. The number of halogens is 2. The molecule has 1 unspecified atom stereocenters. The van der Waals surface area contributed by atoms with Crippen molar-refractivity contribution in [3.8, 4) is 0 Å². The summed E-state index contributed by atoms with van der Waals surface area (Å²) in [6, 6.07) is 5.49. The number of hydrogen-bond donors (Lipinski definition) is 1. The van der Waals surface area contributed by atoms with E-state index >= 15 is 0 Å². The van der Waals surface area contributed by atoms with Crippen LogP contribution in [-0.4, -0.2) is 23.9 Å². The number of nitrogens with zero attached hydrogens (tertiary/aromatic N) is 1. The van der Waals surface area contributed by atoms with Gasteiger partial charge in [-0.2, -0.15) is 0 Å². The van der Waals surface area contributed by atoms with Gasteiger partial charge >= 0.3 is 0 Å². The van der Waals surface area contributed by atoms with Gasteiger partial charge in [0.15, 0.2) is 0 Å². The molecule has 2 fully saturated rings. The number of fused-ring (bicyclic) bond motifs is 1. The molecule has 1 aromatic rings. The van der Waals surface area contributed by atoms with E-state index in [1.807, 2.05) is 17.0 Å². The fraction of sp³-hybridized carbons (Fsp3) is 0.462. The summed E-state index contributed by atoms with van der Waals surface area (Å²) in [4.78, 5) is 13.9. The van der Waals surface area contributed by atoms with Gasteiger partial charge in [0, 0.05) is 28.6 Å². The molecule has 3 rings (SSSR count). The van der Waals surface area contributed by atoms with Crippen molar-refractivity contribution in [1.82, 2.24) is 10.2 Å². The van der Waals surface area contributed by atoms with Gasteiger partial charge in [0.2, 0.25) is 5.91 Å². The lowest BCUT2D eigenvalue weighted by atomic mass is 9.94. The Labute approximate surface area is 116 Å². The van der Waals surface area contributed by atoms with E-state index in [9.17, 15) is 4.79 Å². The van der Waals surface area contributed by atoms with Crippen LogP contribution in [0.3, 0.4) is 0 Å². The highest BCUT2D eigenvalue weighted by Crippen LogP contribution is 2.42. The van der Waals surface area contributed by atoms with E-state index in [1.54, 1.807) is 6.07 Å². The van der Waals surface area contributed by atoms with Crippen molar-refractivity contribution in [3.63, 3.8) is 0 Å². The van der Waals surface area contributed by atoms with Crippen molar-refractivity contribution in [2.75, 3.05) is 13.1 Å². The van der Waals surface area contributed by atoms with Crippen molar-refractivity contribution in [2.45, 2.75) is 24.9 Å². The summed E-state index contributed by atoms with van der Waals surface area (Å²) < 4.78 is 0. The highest BCUT2D eigenvalue weighted by Gasteiger charge is 2.48. The first-order chi connectivity index (χ1) is 8.63. The molecule has 5 heteroatoms. The zero-order valence-electron chi connectivity index (χ0n) is 9.88. The Morgan fingerprint density at radius 2 is 2.17 bits per heavy atom. The summed E-state index contributed by atoms with van der Waals surface area (Å²) in [6.07, 6.45) is 2.33. The van der Waals surface area contributed by atoms with Gasteiger partial charge in [-0.05, 0) is 31.5 Å². The van der Waals surface area contributed by atoms with E-state index in [1.165, 1.54) is 0 Å². The van der Waals surface area contributed by atoms with Crippen molar-refractivity contribution in [2.24, 2.45) is 0 Å². The zero-order chi connectivity index (χ0) is 12.8. The summed E-state index contributed by atoms with van der Waals surface area (Å²) in [7, 11) is 0. The summed E-state index contributed by atoms with van der Waals surface area (Å²) in [6.45, 7) is 1.70. The Morgan fingerprint density at radius 1 is 1.33 bits per heavy atom. The predicted molar refractivity (Wildman–Crippen MR) is 71.7 cm³/mol. The fourth-order valence-electron chi connectivity index (χ4n) is 3.00. The van der Waals surface area contributed by atoms with Crippen LogP contribution in [0.15, 0.2) is 18.2 Å². The highest BCUT2D eigenvalue weighted by molar-refractivity contribution is 6.35. The van der Waals surface area contributed by atoms with E-state index in [0.29, 0.717) is 16.5 Å². The van der Waals surface area contributed by atoms with Crippen LogP contribution in [0.25, 0.3) is 0 Å². The molecule has 1 aromatic carbocycles. The summed E-state index contributed by atoms with van der Waals surface area (Å²) in [5.41, 5.74) is 0.538. The van der Waals surface area contributed by atoms with Crippen LogP contribution >= 0.6 is 23.2 Å². The Bertz CT molecular complexity index is 506. The van der Waals surface area contributed by atoms with E-state index in [4.69, 9.17) is 23.2 Å². The maximum absolute atomic E-state index is 12.0. The molecule has 2 heterocycles. The van der Waals surface area contributed by atoms with Gasteiger partial charge in [-0.25, -0.2) is 0 Å². The van der Waals surface area contributed by atoms with Crippen LogP contribution in [0.4, 0.5) is 0 Å². The van der Waals surface area contributed by atoms with Crippen LogP contribution in [0.2, 0.25) is 10.0 Å². The number of benzene rings is 1. The number of carbonyl (C=O) groups is 1. The van der Waals surface area contributed by atoms with Crippen molar-refractivity contribution >= 4 is 29.1 Å². The normalized spacial score (nSPS) is 27.4. The maximum atomic E-state index is 12.0. The van der Waals surface area contributed by atoms with Crippen LogP contribution in [0.1, 0.15) is 24.8 Å². The molecule has 0 bridgehead atoms. The van der Waals surface area contributed by atoms with Gasteiger partial charge in [0.1, 0.15) is 5.66 Å². The number of hydrogen-bond acceptors (Lipinski definition) is 2. The Morgan fingerprint density at radius 3 is 2.94 bits per heavy atom. The van der Waals surface area contributed by atoms with Gasteiger partial charge in [-0.15, -0.1) is 0 Å². The molecule has 2 saturated heterocycles. The largest absolute Gasteiger partial charge is 0.320 e. The van der Waals surface area contributed by atoms with Gasteiger partial charge in [-0.3, -0.25) is 10.1 Å². The smallest absolute Gasteiger partial charge is 0.224 e. The first-order valence-corrected chi connectivity index (χ1v) is 6.90. The molecule has 0 radical (unpaired) electrons. The van der Waals surface area contributed by atoms with Crippen molar-refractivity contribution in [1.29, 1.82) is 0 Å². The van der Waals surface area contributed by atoms with Crippen molar-refractivity contribution in [3.05, 3.63) is 33.8 Å². The summed E-state index contributed by atoms with van der Waals surface area (Å²) in [5.74, 6) is 0.202. The number of nitrogens with one attached hydrogen (secondary N) is 1. The molecule has 96 valence electrons. The molecule has 0 aliphatic carbocycles. The summed E-state index contributed by atoms with van der Waals surface area (Å²) >= 11 is 12.2. The second kappa shape index (κ2) is 4.41. The second-order valence-electron chi connectivity index (χ2n) is 4.81. The van der Waals surface area contributed by atoms with Crippen LogP contribution in [-0.2, 0) is 10.5 Å². The van der Waals surface area contributed by atoms with E-state index in [2.05, 4.69) is 5.32 Å². The predicted octanol–water partition coefficient (Wildman–Crippen LogP) is 2.76. The molecule has 0 aromatic heterocycles. The third-order valence-corrected chi connectivity index (χ3v) is 4.36. The molecule has 18 heavy (non-hydrogen) atoms. The monoisotopic (exact) mass is 284 g/mol. The van der Waals surface area contributed by atoms with E-state index < -0.39 is 5.66 Å². The number of carbonyl (C=O) groups excluding carboxylic acids is 1. The lowest BCUT2D eigenvalue weighted by molar-refractivity contribution is -0.133. The maximum Gasteiger partial charge on any atom is 0.224 e. The van der Waals surface area contributed by atoms with Gasteiger partial charge in [-0.1, -0.05) is 29.3 Å². The van der Waals surface area contributed by atoms with Crippen LogP contribution < -0.4 is 5.32 Å². The van der Waals surface area contributed by atoms with Crippen LogP contribution in [0, 0.1) is 0 Å². The standard InChI is InChI=1S/C13H14Cl2N2O/c14-9-2-3-10(11(15)8-9)13-5-4-12(18)17(13)7-1-6-16-13/h2-3,8,16H,1,4-7H2. The highest BCUT2D eigenvalue weighted by atomic mass is 35.5. The third kappa shape index (κ3) is 1.73. The topological polar surface area (TPSA) is 32.3 Å². The molecule has 1 atom stereocenters. The average Bonchev–Trinajstić information content (AvgIpc) is 2.68. The van der Waals surface area contributed by atoms with E-state index in [0.717, 1.165) is 31.5 Å². The first kappa shape index (κ1) is 12.3. The van der Waals surface area contributed by atoms with Gasteiger partial charge in [0.05, 0.1) is 0 Å². The second-order valence-corrected chi connectivity index (χ2v) is 5.65. The molecule has 0 spiro atoms. The quantitative estimate of drug-likeness (QED) is 0.860. The molecule has 0 saturated carbocycles. The molecule has 2 aliphatic heterocycles. The molecule has 3 nitrogen and oxygen atoms in total. The molecule has 1 amide bonds. The van der Waals surface area contributed by atoms with E-state index in [-0.39, 0.29) is 5.91 Å². The minimum Gasteiger partial charge on any atom is -0.320 e. The minimum absolute atomic E-state index is 0.202. The summed E-state index contributed by atoms with van der Waals surface area (Å²) in [5, 5.41) is 4.72. The minimum atomic E-state index is -0.420. The average molecular weight is 285 g/mol. The fourth-order valence-corrected chi connectivity index (χ4v) is 3.57. The van der Waals surface area contributed by atoms with Crippen molar-refractivity contribution < 1.29 is 4.79 Å². The van der Waals surface area contributed by atoms with Gasteiger partial charge < -0.3 is 4.90 Å². The third-order valence-electron chi connectivity index (χ3n) is 3.82. The zero-order valence-corrected chi connectivity index (χ0v) is 11.4.